The Morgan fingerprint density at radius 3 is 2.71 bits per heavy atom. The van der Waals surface area contributed by atoms with Gasteiger partial charge in [0.2, 0.25) is 5.89 Å². The van der Waals surface area contributed by atoms with Crippen molar-refractivity contribution in [3.05, 3.63) is 64.8 Å². The van der Waals surface area contributed by atoms with Crippen molar-refractivity contribution in [1.29, 1.82) is 0 Å². The molecular weight excluding hydrogens is 374 g/mol. The van der Waals surface area contributed by atoms with E-state index in [1.165, 1.54) is 11.8 Å². The van der Waals surface area contributed by atoms with Crippen molar-refractivity contribution in [2.24, 2.45) is 0 Å². The molecule has 6 nitrogen and oxygen atoms in total. The lowest BCUT2D eigenvalue weighted by atomic mass is 10.2. The zero-order valence-corrected chi connectivity index (χ0v) is 17.5. The number of ketones is 1. The fourth-order valence-corrected chi connectivity index (χ4v) is 4.06. The van der Waals surface area contributed by atoms with E-state index in [0.717, 1.165) is 22.5 Å². The van der Waals surface area contributed by atoms with Crippen molar-refractivity contribution in [3.63, 3.8) is 0 Å². The molecule has 2 aromatic heterocycles. The topological polar surface area (TPSA) is 70.2 Å². The summed E-state index contributed by atoms with van der Waals surface area (Å²) in [5.74, 6) is 0.861. The van der Waals surface area contributed by atoms with Crippen LogP contribution in [0.3, 0.4) is 0 Å². The maximum Gasteiger partial charge on any atom is 0.277 e. The number of carbonyl (C=O) groups excluding carboxylic acids is 1. The van der Waals surface area contributed by atoms with Crippen LogP contribution in [-0.2, 0) is 11.2 Å². The maximum absolute atomic E-state index is 12.7. The summed E-state index contributed by atoms with van der Waals surface area (Å²) < 4.78 is 13.1. The van der Waals surface area contributed by atoms with Gasteiger partial charge in [-0.3, -0.25) is 4.79 Å². The molecule has 0 radical (unpaired) electrons. The highest BCUT2D eigenvalue weighted by atomic mass is 32.2. The van der Waals surface area contributed by atoms with Crippen LogP contribution in [0.5, 0.6) is 0 Å². The first-order valence-corrected chi connectivity index (χ1v) is 10.2. The van der Waals surface area contributed by atoms with Gasteiger partial charge in [0, 0.05) is 24.1 Å². The van der Waals surface area contributed by atoms with Crippen molar-refractivity contribution in [1.82, 2.24) is 14.8 Å². The van der Waals surface area contributed by atoms with Crippen LogP contribution in [0.15, 0.2) is 46.0 Å². The fourth-order valence-electron chi connectivity index (χ4n) is 3.40. The minimum absolute atomic E-state index is 0.0526. The molecule has 28 heavy (non-hydrogen) atoms. The van der Waals surface area contributed by atoms with Gasteiger partial charge < -0.3 is 13.7 Å². The maximum atomic E-state index is 12.7. The molecule has 7 heteroatoms. The van der Waals surface area contributed by atoms with Crippen molar-refractivity contribution in [2.45, 2.75) is 38.5 Å². The van der Waals surface area contributed by atoms with Gasteiger partial charge in [-0.2, -0.15) is 0 Å². The van der Waals surface area contributed by atoms with E-state index < -0.39 is 0 Å². The number of Topliss-reactive ketones (excluding diaryl/α,β-unsaturated/α-hetero) is 1. The second-order valence-electron chi connectivity index (χ2n) is 6.80. The van der Waals surface area contributed by atoms with E-state index in [0.29, 0.717) is 24.1 Å². The number of carbonyl (C=O) groups is 1. The van der Waals surface area contributed by atoms with Crippen molar-refractivity contribution in [2.75, 3.05) is 19.5 Å². The van der Waals surface area contributed by atoms with Crippen LogP contribution in [0, 0.1) is 13.8 Å². The van der Waals surface area contributed by atoms with Crippen LogP contribution < -0.4 is 0 Å². The molecular formula is C21H25N3O3S. The number of aryl methyl sites for hydroxylation is 1. The average molecular weight is 400 g/mol. The van der Waals surface area contributed by atoms with E-state index in [2.05, 4.69) is 21.7 Å². The lowest BCUT2D eigenvalue weighted by molar-refractivity contribution is 0.102. The summed E-state index contributed by atoms with van der Waals surface area (Å²) in [7, 11) is 1.68. The summed E-state index contributed by atoms with van der Waals surface area (Å²) >= 11 is 1.27. The molecule has 3 aromatic rings. The van der Waals surface area contributed by atoms with Gasteiger partial charge in [0.1, 0.15) is 0 Å². The highest BCUT2D eigenvalue weighted by molar-refractivity contribution is 7.99. The van der Waals surface area contributed by atoms with E-state index in [-0.39, 0.29) is 17.6 Å². The molecule has 0 bridgehead atoms. The van der Waals surface area contributed by atoms with E-state index >= 15 is 0 Å². The number of aromatic nitrogens is 3. The van der Waals surface area contributed by atoms with E-state index in [1.54, 1.807) is 7.11 Å². The first kappa shape index (κ1) is 20.4. The predicted octanol–water partition coefficient (Wildman–Crippen LogP) is 4.26. The minimum atomic E-state index is 0.0526. The number of rotatable bonds is 9. The monoisotopic (exact) mass is 399 g/mol. The van der Waals surface area contributed by atoms with E-state index in [4.69, 9.17) is 9.15 Å². The molecule has 0 N–H and O–H groups in total. The number of thioether (sulfide) groups is 1. The molecule has 0 saturated heterocycles. The molecule has 148 valence electrons. The largest absolute Gasteiger partial charge is 0.416 e. The Bertz CT molecular complexity index is 934. The molecule has 0 unspecified atom stereocenters. The summed E-state index contributed by atoms with van der Waals surface area (Å²) in [5.41, 5.74) is 3.86. The molecule has 0 saturated carbocycles. The first-order valence-electron chi connectivity index (χ1n) is 9.19. The van der Waals surface area contributed by atoms with Gasteiger partial charge in [0.15, 0.2) is 5.78 Å². The van der Waals surface area contributed by atoms with Gasteiger partial charge in [0.05, 0.1) is 24.8 Å². The molecule has 1 aromatic carbocycles. The zero-order chi connectivity index (χ0) is 20.1. The van der Waals surface area contributed by atoms with Gasteiger partial charge in [-0.25, -0.2) is 0 Å². The fraction of sp³-hybridized carbons (Fsp3) is 0.381. The Balaban J connectivity index is 1.63. The van der Waals surface area contributed by atoms with Gasteiger partial charge in [-0.1, -0.05) is 42.1 Å². The van der Waals surface area contributed by atoms with Crippen molar-refractivity contribution < 1.29 is 13.9 Å². The molecule has 2 heterocycles. The van der Waals surface area contributed by atoms with Crippen LogP contribution in [-0.4, -0.2) is 40.0 Å². The van der Waals surface area contributed by atoms with Crippen molar-refractivity contribution >= 4 is 17.5 Å². The number of methoxy groups -OCH3 is 1. The van der Waals surface area contributed by atoms with E-state index in [9.17, 15) is 4.79 Å². The molecule has 0 aliphatic rings. The van der Waals surface area contributed by atoms with Crippen LogP contribution in [0.25, 0.3) is 0 Å². The Morgan fingerprint density at radius 1 is 1.25 bits per heavy atom. The Hall–Kier alpha value is -2.38. The normalized spacial score (nSPS) is 12.3. The van der Waals surface area contributed by atoms with Gasteiger partial charge >= 0.3 is 0 Å². The third kappa shape index (κ3) is 4.72. The summed E-state index contributed by atoms with van der Waals surface area (Å²) in [5, 5.41) is 8.54. The second-order valence-corrected chi connectivity index (χ2v) is 7.72. The second kappa shape index (κ2) is 9.21. The Labute approximate surface area is 169 Å². The molecule has 0 fully saturated rings. The molecule has 3 rings (SSSR count). The number of hydrogen-bond acceptors (Lipinski definition) is 6. The minimum Gasteiger partial charge on any atom is -0.416 e. The average Bonchev–Trinajstić information content (AvgIpc) is 3.24. The highest BCUT2D eigenvalue weighted by Gasteiger charge is 2.19. The van der Waals surface area contributed by atoms with Gasteiger partial charge in [-0.15, -0.1) is 10.2 Å². The van der Waals surface area contributed by atoms with E-state index in [1.807, 2.05) is 50.2 Å². The first-order chi connectivity index (χ1) is 13.5. The van der Waals surface area contributed by atoms with Crippen LogP contribution >= 0.6 is 11.8 Å². The molecule has 0 spiro atoms. The number of nitrogens with zero attached hydrogens (tertiary/aromatic N) is 3. The smallest absolute Gasteiger partial charge is 0.277 e. The lowest BCUT2D eigenvalue weighted by Crippen LogP contribution is -2.14. The van der Waals surface area contributed by atoms with Gasteiger partial charge in [-0.05, 0) is 32.4 Å². The molecule has 1 atom stereocenters. The van der Waals surface area contributed by atoms with Crippen LogP contribution in [0.1, 0.15) is 46.2 Å². The molecule has 0 aliphatic heterocycles. The number of hydrogen-bond donors (Lipinski definition) is 0. The summed E-state index contributed by atoms with van der Waals surface area (Å²) in [6.45, 7) is 6.67. The van der Waals surface area contributed by atoms with Crippen LogP contribution in [0.4, 0.5) is 0 Å². The number of ether oxygens (including phenoxy) is 1. The third-order valence-corrected chi connectivity index (χ3v) is 5.43. The Kier molecular flexibility index (Phi) is 6.70. The number of benzene rings is 1. The molecule has 0 aliphatic carbocycles. The summed E-state index contributed by atoms with van der Waals surface area (Å²) in [6, 6.07) is 12.1. The SMILES string of the molecule is COC[C@@H](C)n1c(C)cc(C(=O)CSc2nnc(Cc3ccccc3)o2)c1C. The van der Waals surface area contributed by atoms with Crippen LogP contribution in [0.2, 0.25) is 0 Å². The molecule has 0 amide bonds. The lowest BCUT2D eigenvalue weighted by Gasteiger charge is -2.17. The summed E-state index contributed by atoms with van der Waals surface area (Å²) in [6.07, 6.45) is 0.584. The third-order valence-electron chi connectivity index (χ3n) is 4.61. The quantitative estimate of drug-likeness (QED) is 0.395. The summed E-state index contributed by atoms with van der Waals surface area (Å²) in [4.78, 5) is 12.7. The highest BCUT2D eigenvalue weighted by Crippen LogP contribution is 2.24. The van der Waals surface area contributed by atoms with Crippen molar-refractivity contribution in [3.8, 4) is 0 Å². The van der Waals surface area contributed by atoms with Gasteiger partial charge in [0.25, 0.3) is 5.22 Å². The zero-order valence-electron chi connectivity index (χ0n) is 16.6. The Morgan fingerprint density at radius 2 is 2.00 bits per heavy atom. The standard InChI is InChI=1S/C21H25N3O3S/c1-14-10-18(16(3)24(14)15(2)12-26-4)19(25)13-28-21-23-22-20(27-21)11-17-8-6-5-7-9-17/h5-10,15H,11-13H2,1-4H3/t15-/m1/s1. The predicted molar refractivity (Wildman–Crippen MR) is 109 cm³/mol.